The summed E-state index contributed by atoms with van der Waals surface area (Å²) >= 11 is 0. The van der Waals surface area contributed by atoms with E-state index < -0.39 is 6.10 Å². The Balaban J connectivity index is 1.69. The van der Waals surface area contributed by atoms with Crippen molar-refractivity contribution in [2.45, 2.75) is 58.1 Å². The summed E-state index contributed by atoms with van der Waals surface area (Å²) < 4.78 is 10.7. The summed E-state index contributed by atoms with van der Waals surface area (Å²) in [6.45, 7) is 5.72. The molecule has 1 heterocycles. The molecule has 27 heavy (non-hydrogen) atoms. The van der Waals surface area contributed by atoms with Gasteiger partial charge in [-0.3, -0.25) is 9.59 Å². The molecule has 150 valence electrons. The molecule has 1 aromatic rings. The number of aryl methyl sites for hydroxylation is 1. The lowest BCUT2D eigenvalue weighted by molar-refractivity contribution is -0.140. The summed E-state index contributed by atoms with van der Waals surface area (Å²) in [5.41, 5.74) is 1.12. The van der Waals surface area contributed by atoms with Gasteiger partial charge in [-0.25, -0.2) is 0 Å². The van der Waals surface area contributed by atoms with Crippen molar-refractivity contribution in [2.24, 2.45) is 0 Å². The van der Waals surface area contributed by atoms with Gasteiger partial charge in [-0.2, -0.15) is 0 Å². The van der Waals surface area contributed by atoms with Crippen molar-refractivity contribution in [1.29, 1.82) is 0 Å². The van der Waals surface area contributed by atoms with Crippen molar-refractivity contribution in [1.82, 2.24) is 10.2 Å². The standard InChI is InChI=1S/C21H32N2O4/c1-4-5-14-27-16(2)21(25)22-15-18-12-13-23(18)20(24)11-8-17-6-9-19(26-3)10-7-17/h6-7,9-10,16,18H,4-5,8,11-15H2,1-3H3,(H,22,25). The minimum Gasteiger partial charge on any atom is -0.497 e. The Hall–Kier alpha value is -2.08. The summed E-state index contributed by atoms with van der Waals surface area (Å²) in [6.07, 6.45) is 3.67. The van der Waals surface area contributed by atoms with E-state index in [1.807, 2.05) is 29.2 Å². The van der Waals surface area contributed by atoms with Crippen molar-refractivity contribution in [3.63, 3.8) is 0 Å². The summed E-state index contributed by atoms with van der Waals surface area (Å²) in [5.74, 6) is 0.851. The van der Waals surface area contributed by atoms with E-state index in [0.717, 1.165) is 37.1 Å². The summed E-state index contributed by atoms with van der Waals surface area (Å²) in [7, 11) is 1.64. The van der Waals surface area contributed by atoms with Crippen LogP contribution in [0.25, 0.3) is 0 Å². The summed E-state index contributed by atoms with van der Waals surface area (Å²) in [5, 5.41) is 2.91. The average molecular weight is 376 g/mol. The van der Waals surface area contributed by atoms with Crippen molar-refractivity contribution >= 4 is 11.8 Å². The highest BCUT2D eigenvalue weighted by Gasteiger charge is 2.32. The third kappa shape index (κ3) is 6.54. The second-order valence-corrected chi connectivity index (χ2v) is 6.99. The fraction of sp³-hybridized carbons (Fsp3) is 0.619. The van der Waals surface area contributed by atoms with Crippen molar-refractivity contribution in [3.05, 3.63) is 29.8 Å². The van der Waals surface area contributed by atoms with Crippen LogP contribution >= 0.6 is 0 Å². The number of methoxy groups -OCH3 is 1. The monoisotopic (exact) mass is 376 g/mol. The van der Waals surface area contributed by atoms with E-state index >= 15 is 0 Å². The van der Waals surface area contributed by atoms with Crippen molar-refractivity contribution in [2.75, 3.05) is 26.8 Å². The van der Waals surface area contributed by atoms with Crippen LogP contribution < -0.4 is 10.1 Å². The molecule has 2 rings (SSSR count). The largest absolute Gasteiger partial charge is 0.497 e. The molecule has 1 saturated heterocycles. The highest BCUT2D eigenvalue weighted by Crippen LogP contribution is 2.19. The maximum Gasteiger partial charge on any atom is 0.248 e. The molecule has 1 aromatic carbocycles. The first-order valence-electron chi connectivity index (χ1n) is 9.86. The molecule has 0 aromatic heterocycles. The van der Waals surface area contributed by atoms with Gasteiger partial charge in [0.2, 0.25) is 11.8 Å². The van der Waals surface area contributed by atoms with Crippen LogP contribution in [0.1, 0.15) is 45.1 Å². The number of nitrogens with zero attached hydrogens (tertiary/aromatic N) is 1. The molecule has 6 heteroatoms. The maximum atomic E-state index is 12.4. The number of hydrogen-bond donors (Lipinski definition) is 1. The number of amides is 2. The second-order valence-electron chi connectivity index (χ2n) is 6.99. The van der Waals surface area contributed by atoms with E-state index in [1.54, 1.807) is 14.0 Å². The minimum atomic E-state index is -0.448. The van der Waals surface area contributed by atoms with Gasteiger partial charge in [-0.1, -0.05) is 25.5 Å². The number of nitrogens with one attached hydrogen (secondary N) is 1. The number of likely N-dealkylation sites (tertiary alicyclic amines) is 1. The number of unbranched alkanes of at least 4 members (excludes halogenated alkanes) is 1. The molecule has 0 radical (unpaired) electrons. The van der Waals surface area contributed by atoms with Gasteiger partial charge in [0.05, 0.1) is 13.2 Å². The molecule has 2 atom stereocenters. The van der Waals surface area contributed by atoms with Crippen LogP contribution in [0, 0.1) is 0 Å². The maximum absolute atomic E-state index is 12.4. The topological polar surface area (TPSA) is 67.9 Å². The van der Waals surface area contributed by atoms with Gasteiger partial charge in [-0.05, 0) is 43.9 Å². The van der Waals surface area contributed by atoms with Crippen LogP contribution in [0.15, 0.2) is 24.3 Å². The van der Waals surface area contributed by atoms with E-state index in [0.29, 0.717) is 26.0 Å². The molecule has 1 aliphatic rings. The van der Waals surface area contributed by atoms with Gasteiger partial charge < -0.3 is 19.7 Å². The van der Waals surface area contributed by atoms with Crippen LogP contribution in [0.2, 0.25) is 0 Å². The molecule has 1 fully saturated rings. The van der Waals surface area contributed by atoms with Gasteiger partial charge >= 0.3 is 0 Å². The first kappa shape index (κ1) is 21.2. The molecule has 0 bridgehead atoms. The molecule has 0 saturated carbocycles. The van der Waals surface area contributed by atoms with Crippen molar-refractivity contribution < 1.29 is 19.1 Å². The molecule has 1 aliphatic heterocycles. The Morgan fingerprint density at radius 2 is 2.04 bits per heavy atom. The molecular formula is C21H32N2O4. The number of carbonyl (C=O) groups excluding carboxylic acids is 2. The van der Waals surface area contributed by atoms with Gasteiger partial charge in [-0.15, -0.1) is 0 Å². The first-order chi connectivity index (χ1) is 13.0. The fourth-order valence-corrected chi connectivity index (χ4v) is 3.01. The lowest BCUT2D eigenvalue weighted by atomic mass is 10.0. The number of rotatable bonds is 11. The van der Waals surface area contributed by atoms with Gasteiger partial charge in [0.1, 0.15) is 11.9 Å². The third-order valence-electron chi connectivity index (χ3n) is 5.00. The SMILES string of the molecule is CCCCOC(C)C(=O)NCC1CCN1C(=O)CCc1ccc(OC)cc1. The number of ether oxygens (including phenoxy) is 2. The zero-order chi connectivity index (χ0) is 19.6. The predicted octanol–water partition coefficient (Wildman–Crippen LogP) is 2.55. The Bertz CT molecular complexity index is 603. The normalized spacial score (nSPS) is 17.1. The highest BCUT2D eigenvalue weighted by atomic mass is 16.5. The minimum absolute atomic E-state index is 0.0974. The number of hydrogen-bond acceptors (Lipinski definition) is 4. The first-order valence-corrected chi connectivity index (χ1v) is 9.86. The van der Waals surface area contributed by atoms with Crippen LogP contribution in [0.3, 0.4) is 0 Å². The Kier molecular flexibility index (Phi) is 8.58. The summed E-state index contributed by atoms with van der Waals surface area (Å²) in [6, 6.07) is 7.89. The lowest BCUT2D eigenvalue weighted by Crippen LogP contribution is -2.56. The van der Waals surface area contributed by atoms with Crippen LogP contribution in [-0.4, -0.2) is 55.7 Å². The van der Waals surface area contributed by atoms with E-state index in [4.69, 9.17) is 9.47 Å². The zero-order valence-corrected chi connectivity index (χ0v) is 16.7. The average Bonchev–Trinajstić information content (AvgIpc) is 2.66. The van der Waals surface area contributed by atoms with E-state index in [2.05, 4.69) is 12.2 Å². The van der Waals surface area contributed by atoms with E-state index in [1.165, 1.54) is 0 Å². The second kappa shape index (κ2) is 10.9. The zero-order valence-electron chi connectivity index (χ0n) is 16.7. The fourth-order valence-electron chi connectivity index (χ4n) is 3.01. The van der Waals surface area contributed by atoms with Gasteiger partial charge in [0.25, 0.3) is 0 Å². The molecule has 2 unspecified atom stereocenters. The molecule has 2 amide bonds. The quantitative estimate of drug-likeness (QED) is 0.603. The molecule has 1 N–H and O–H groups in total. The van der Waals surface area contributed by atoms with Gasteiger partial charge in [0.15, 0.2) is 0 Å². The Morgan fingerprint density at radius 3 is 2.63 bits per heavy atom. The van der Waals surface area contributed by atoms with Crippen LogP contribution in [-0.2, 0) is 20.7 Å². The smallest absolute Gasteiger partial charge is 0.248 e. The van der Waals surface area contributed by atoms with Gasteiger partial charge in [0, 0.05) is 26.1 Å². The number of carbonyl (C=O) groups is 2. The molecule has 6 nitrogen and oxygen atoms in total. The van der Waals surface area contributed by atoms with Crippen LogP contribution in [0.4, 0.5) is 0 Å². The van der Waals surface area contributed by atoms with E-state index in [-0.39, 0.29) is 17.9 Å². The predicted molar refractivity (Wildman–Crippen MR) is 105 cm³/mol. The molecule has 0 spiro atoms. The molecular weight excluding hydrogens is 344 g/mol. The van der Waals surface area contributed by atoms with Crippen LogP contribution in [0.5, 0.6) is 5.75 Å². The lowest BCUT2D eigenvalue weighted by Gasteiger charge is -2.41. The highest BCUT2D eigenvalue weighted by molar-refractivity contribution is 5.81. The molecule has 0 aliphatic carbocycles. The summed E-state index contributed by atoms with van der Waals surface area (Å²) in [4.78, 5) is 26.4. The van der Waals surface area contributed by atoms with Crippen molar-refractivity contribution in [3.8, 4) is 5.75 Å². The number of benzene rings is 1. The third-order valence-corrected chi connectivity index (χ3v) is 5.00. The Labute approximate surface area is 162 Å². The van der Waals surface area contributed by atoms with E-state index in [9.17, 15) is 9.59 Å². The Morgan fingerprint density at radius 1 is 1.30 bits per heavy atom.